The number of carbonyl (C=O) groups is 2. The minimum atomic E-state index is -0.445. The molecule has 6 nitrogen and oxygen atoms in total. The van der Waals surface area contributed by atoms with E-state index in [4.69, 9.17) is 16.3 Å². The lowest BCUT2D eigenvalue weighted by molar-refractivity contribution is 0.0945. The Bertz CT molecular complexity index is 993. The van der Waals surface area contributed by atoms with Gasteiger partial charge in [0.25, 0.3) is 11.8 Å². The molecule has 0 aliphatic heterocycles. The van der Waals surface area contributed by atoms with Gasteiger partial charge in [-0.2, -0.15) is 0 Å². The van der Waals surface area contributed by atoms with Crippen molar-refractivity contribution in [3.63, 3.8) is 0 Å². The van der Waals surface area contributed by atoms with E-state index in [0.29, 0.717) is 23.0 Å². The van der Waals surface area contributed by atoms with Crippen molar-refractivity contribution in [2.75, 3.05) is 12.4 Å². The molecular formula is C21H18ClN3O3. The van der Waals surface area contributed by atoms with Crippen LogP contribution in [0.2, 0.25) is 5.02 Å². The standard InChI is InChI=1S/C21H18ClN3O3/c1-28-19-11-10-15(12-16(19)22)24-21(27)18-9-5-8-17(25-18)20(26)23-13-14-6-3-2-4-7-14/h2-12H,13H2,1H3,(H,23,26)(H,24,27). The number of hydrogen-bond donors (Lipinski definition) is 2. The molecule has 3 aromatic rings. The third kappa shape index (κ3) is 4.86. The number of halogens is 1. The van der Waals surface area contributed by atoms with Crippen LogP contribution in [-0.2, 0) is 6.54 Å². The molecule has 0 radical (unpaired) electrons. The largest absolute Gasteiger partial charge is 0.495 e. The van der Waals surface area contributed by atoms with Gasteiger partial charge >= 0.3 is 0 Å². The molecular weight excluding hydrogens is 378 g/mol. The number of nitrogens with zero attached hydrogens (tertiary/aromatic N) is 1. The topological polar surface area (TPSA) is 80.3 Å². The summed E-state index contributed by atoms with van der Waals surface area (Å²) >= 11 is 6.07. The van der Waals surface area contributed by atoms with Crippen LogP contribution in [0.1, 0.15) is 26.5 Å². The summed E-state index contributed by atoms with van der Waals surface area (Å²) in [6.07, 6.45) is 0. The van der Waals surface area contributed by atoms with E-state index in [1.165, 1.54) is 13.2 Å². The normalized spacial score (nSPS) is 10.2. The molecule has 0 aliphatic carbocycles. The highest BCUT2D eigenvalue weighted by Gasteiger charge is 2.13. The van der Waals surface area contributed by atoms with Crippen molar-refractivity contribution in [2.45, 2.75) is 6.54 Å². The van der Waals surface area contributed by atoms with Crippen molar-refractivity contribution in [3.8, 4) is 5.75 Å². The molecule has 0 spiro atoms. The maximum atomic E-state index is 12.5. The summed E-state index contributed by atoms with van der Waals surface area (Å²) in [4.78, 5) is 28.9. The summed E-state index contributed by atoms with van der Waals surface area (Å²) in [5, 5.41) is 5.87. The number of aromatic nitrogens is 1. The second-order valence-electron chi connectivity index (χ2n) is 5.88. The Balaban J connectivity index is 1.67. The number of benzene rings is 2. The van der Waals surface area contributed by atoms with Gasteiger partial charge in [-0.3, -0.25) is 9.59 Å². The summed E-state index contributed by atoms with van der Waals surface area (Å²) < 4.78 is 5.09. The second kappa shape index (κ2) is 9.01. The van der Waals surface area contributed by atoms with E-state index >= 15 is 0 Å². The van der Waals surface area contributed by atoms with Crippen LogP contribution >= 0.6 is 11.6 Å². The number of rotatable bonds is 6. The summed E-state index contributed by atoms with van der Waals surface area (Å²) in [5.41, 5.74) is 1.76. The summed E-state index contributed by atoms with van der Waals surface area (Å²) in [6, 6.07) is 19.1. The van der Waals surface area contributed by atoms with E-state index in [0.717, 1.165) is 5.56 Å². The number of pyridine rings is 1. The van der Waals surface area contributed by atoms with Gasteiger partial charge in [0.15, 0.2) is 0 Å². The molecule has 0 fully saturated rings. The predicted molar refractivity (Wildman–Crippen MR) is 108 cm³/mol. The first-order chi connectivity index (χ1) is 13.6. The van der Waals surface area contributed by atoms with Crippen molar-refractivity contribution < 1.29 is 14.3 Å². The van der Waals surface area contributed by atoms with E-state index in [-0.39, 0.29) is 17.3 Å². The van der Waals surface area contributed by atoms with Crippen LogP contribution in [0.5, 0.6) is 5.75 Å². The molecule has 0 saturated heterocycles. The first kappa shape index (κ1) is 19.4. The monoisotopic (exact) mass is 395 g/mol. The van der Waals surface area contributed by atoms with Gasteiger partial charge in [-0.25, -0.2) is 4.98 Å². The summed E-state index contributed by atoms with van der Waals surface area (Å²) in [6.45, 7) is 0.377. The van der Waals surface area contributed by atoms with Gasteiger partial charge in [0.2, 0.25) is 0 Å². The van der Waals surface area contributed by atoms with E-state index in [1.807, 2.05) is 30.3 Å². The smallest absolute Gasteiger partial charge is 0.274 e. The van der Waals surface area contributed by atoms with Gasteiger partial charge in [-0.15, -0.1) is 0 Å². The van der Waals surface area contributed by atoms with Crippen molar-refractivity contribution in [1.82, 2.24) is 10.3 Å². The van der Waals surface area contributed by atoms with E-state index in [1.54, 1.807) is 30.3 Å². The Morgan fingerprint density at radius 3 is 2.36 bits per heavy atom. The van der Waals surface area contributed by atoms with Crippen molar-refractivity contribution >= 4 is 29.1 Å². The Morgan fingerprint density at radius 2 is 1.68 bits per heavy atom. The number of methoxy groups -OCH3 is 1. The van der Waals surface area contributed by atoms with Crippen LogP contribution in [0.4, 0.5) is 5.69 Å². The quantitative estimate of drug-likeness (QED) is 0.662. The first-order valence-electron chi connectivity index (χ1n) is 8.51. The Kier molecular flexibility index (Phi) is 6.24. The van der Waals surface area contributed by atoms with E-state index in [2.05, 4.69) is 15.6 Å². The number of amides is 2. The molecule has 3 rings (SSSR count). The molecule has 28 heavy (non-hydrogen) atoms. The van der Waals surface area contributed by atoms with Crippen molar-refractivity contribution in [2.24, 2.45) is 0 Å². The Hall–Kier alpha value is -3.38. The van der Waals surface area contributed by atoms with Gasteiger partial charge in [-0.1, -0.05) is 48.0 Å². The average Bonchev–Trinajstić information content (AvgIpc) is 2.73. The van der Waals surface area contributed by atoms with Crippen LogP contribution in [-0.4, -0.2) is 23.9 Å². The number of hydrogen-bond acceptors (Lipinski definition) is 4. The molecule has 0 saturated carbocycles. The molecule has 0 unspecified atom stereocenters. The molecule has 0 atom stereocenters. The fraction of sp³-hybridized carbons (Fsp3) is 0.0952. The number of nitrogens with one attached hydrogen (secondary N) is 2. The molecule has 2 amide bonds. The summed E-state index contributed by atoms with van der Waals surface area (Å²) in [7, 11) is 1.51. The van der Waals surface area contributed by atoms with Gasteiger partial charge < -0.3 is 15.4 Å². The molecule has 1 aromatic heterocycles. The van der Waals surface area contributed by atoms with Gasteiger partial charge in [0, 0.05) is 12.2 Å². The average molecular weight is 396 g/mol. The van der Waals surface area contributed by atoms with Gasteiger partial charge in [0.05, 0.1) is 12.1 Å². The lowest BCUT2D eigenvalue weighted by atomic mass is 10.2. The molecule has 142 valence electrons. The lowest BCUT2D eigenvalue weighted by Crippen LogP contribution is -2.25. The zero-order valence-electron chi connectivity index (χ0n) is 15.1. The van der Waals surface area contributed by atoms with Crippen LogP contribution in [0.15, 0.2) is 66.7 Å². The molecule has 7 heteroatoms. The maximum absolute atomic E-state index is 12.5. The van der Waals surface area contributed by atoms with Crippen LogP contribution in [0, 0.1) is 0 Å². The minimum Gasteiger partial charge on any atom is -0.495 e. The predicted octanol–water partition coefficient (Wildman–Crippen LogP) is 3.93. The highest BCUT2D eigenvalue weighted by Crippen LogP contribution is 2.27. The van der Waals surface area contributed by atoms with Crippen molar-refractivity contribution in [1.29, 1.82) is 0 Å². The number of ether oxygens (including phenoxy) is 1. The number of carbonyl (C=O) groups excluding carboxylic acids is 2. The Morgan fingerprint density at radius 1 is 0.964 bits per heavy atom. The van der Waals surface area contributed by atoms with Crippen molar-refractivity contribution in [3.05, 3.63) is 88.7 Å². The summed E-state index contributed by atoms with van der Waals surface area (Å²) in [5.74, 6) is -0.292. The highest BCUT2D eigenvalue weighted by atomic mass is 35.5. The third-order valence-electron chi connectivity index (χ3n) is 3.92. The highest BCUT2D eigenvalue weighted by molar-refractivity contribution is 6.32. The third-order valence-corrected chi connectivity index (χ3v) is 4.22. The van der Waals surface area contributed by atoms with Crippen LogP contribution in [0.25, 0.3) is 0 Å². The molecule has 0 bridgehead atoms. The molecule has 1 heterocycles. The molecule has 2 aromatic carbocycles. The zero-order valence-corrected chi connectivity index (χ0v) is 15.9. The maximum Gasteiger partial charge on any atom is 0.274 e. The zero-order chi connectivity index (χ0) is 19.9. The Labute approximate surface area is 167 Å². The van der Waals surface area contributed by atoms with Crippen LogP contribution in [0.3, 0.4) is 0 Å². The minimum absolute atomic E-state index is 0.124. The van der Waals surface area contributed by atoms with Gasteiger partial charge in [-0.05, 0) is 35.9 Å². The fourth-order valence-electron chi connectivity index (χ4n) is 2.50. The molecule has 2 N–H and O–H groups in total. The molecule has 0 aliphatic rings. The lowest BCUT2D eigenvalue weighted by Gasteiger charge is -2.09. The fourth-order valence-corrected chi connectivity index (χ4v) is 2.75. The SMILES string of the molecule is COc1ccc(NC(=O)c2cccc(C(=O)NCc3ccccc3)n2)cc1Cl. The number of anilines is 1. The second-order valence-corrected chi connectivity index (χ2v) is 6.29. The van der Waals surface area contributed by atoms with Crippen LogP contribution < -0.4 is 15.4 Å². The first-order valence-corrected chi connectivity index (χ1v) is 8.88. The van der Waals surface area contributed by atoms with Gasteiger partial charge in [0.1, 0.15) is 17.1 Å². The van der Waals surface area contributed by atoms with E-state index in [9.17, 15) is 9.59 Å². The van der Waals surface area contributed by atoms with E-state index < -0.39 is 5.91 Å².